The molecule has 2 aliphatic rings. The van der Waals surface area contributed by atoms with Gasteiger partial charge in [0.2, 0.25) is 0 Å². The Labute approximate surface area is 170 Å². The minimum Gasteiger partial charge on any atom is -0.333 e. The summed E-state index contributed by atoms with van der Waals surface area (Å²) in [5.41, 5.74) is 1.76. The molecule has 1 aliphatic heterocycles. The number of benzene rings is 1. The van der Waals surface area contributed by atoms with Gasteiger partial charge in [-0.25, -0.2) is 14.6 Å². The zero-order valence-electron chi connectivity index (χ0n) is 16.9. The van der Waals surface area contributed by atoms with Crippen LogP contribution >= 0.6 is 0 Å². The fourth-order valence-corrected chi connectivity index (χ4v) is 4.38. The van der Waals surface area contributed by atoms with Crippen molar-refractivity contribution in [3.8, 4) is 0 Å². The molecule has 3 heterocycles. The molecule has 150 valence electrons. The Hall–Kier alpha value is -2.96. The van der Waals surface area contributed by atoms with Crippen LogP contribution in [-0.2, 0) is 13.1 Å². The van der Waals surface area contributed by atoms with Gasteiger partial charge in [-0.05, 0) is 36.5 Å². The lowest BCUT2D eigenvalue weighted by atomic mass is 9.74. The Morgan fingerprint density at radius 2 is 2.14 bits per heavy atom. The molecule has 2 fully saturated rings. The zero-order valence-corrected chi connectivity index (χ0v) is 16.9. The highest BCUT2D eigenvalue weighted by Crippen LogP contribution is 2.48. The molecule has 1 aromatic carbocycles. The number of carbonyl (C=O) groups excluding carboxylic acids is 1. The maximum atomic E-state index is 13.4. The topological polar surface area (TPSA) is 68.8 Å². The Bertz CT molecular complexity index is 1020. The van der Waals surface area contributed by atoms with Crippen molar-refractivity contribution < 1.29 is 4.79 Å². The molecule has 0 spiro atoms. The van der Waals surface area contributed by atoms with Crippen LogP contribution in [0.15, 0.2) is 49.3 Å². The number of imidazole rings is 1. The van der Waals surface area contributed by atoms with Gasteiger partial charge >= 0.3 is 0 Å². The van der Waals surface area contributed by atoms with Crippen molar-refractivity contribution in [3.05, 3.63) is 66.3 Å². The van der Waals surface area contributed by atoms with Crippen molar-refractivity contribution in [2.75, 3.05) is 6.54 Å². The Morgan fingerprint density at radius 3 is 2.86 bits per heavy atom. The van der Waals surface area contributed by atoms with E-state index in [4.69, 9.17) is 0 Å². The van der Waals surface area contributed by atoms with Gasteiger partial charge < -0.3 is 9.47 Å². The molecule has 1 aliphatic carbocycles. The predicted octanol–water partition coefficient (Wildman–Crippen LogP) is 3.16. The van der Waals surface area contributed by atoms with Crippen LogP contribution < -0.4 is 0 Å². The maximum absolute atomic E-state index is 13.4. The van der Waals surface area contributed by atoms with Crippen LogP contribution in [-0.4, -0.2) is 41.7 Å². The molecule has 29 heavy (non-hydrogen) atoms. The molecule has 7 nitrogen and oxygen atoms in total. The molecule has 7 heteroatoms. The second-order valence-electron chi connectivity index (χ2n) is 9.00. The smallest absolute Gasteiger partial charge is 0.254 e. The van der Waals surface area contributed by atoms with Crippen LogP contribution in [0.2, 0.25) is 0 Å². The first-order valence-corrected chi connectivity index (χ1v) is 10.2. The summed E-state index contributed by atoms with van der Waals surface area (Å²) in [6.07, 6.45) is 9.73. The van der Waals surface area contributed by atoms with E-state index >= 15 is 0 Å². The van der Waals surface area contributed by atoms with Crippen LogP contribution in [0.4, 0.5) is 0 Å². The fourth-order valence-electron chi connectivity index (χ4n) is 4.38. The van der Waals surface area contributed by atoms with Gasteiger partial charge in [0.15, 0.2) is 0 Å². The van der Waals surface area contributed by atoms with Crippen LogP contribution in [0.5, 0.6) is 0 Å². The van der Waals surface area contributed by atoms with E-state index in [1.165, 1.54) is 19.2 Å². The number of rotatable bonds is 6. The van der Waals surface area contributed by atoms with Gasteiger partial charge in [0, 0.05) is 36.5 Å². The molecule has 0 bridgehead atoms. The number of hydrogen-bond donors (Lipinski definition) is 0. The second kappa shape index (κ2) is 6.83. The van der Waals surface area contributed by atoms with Crippen molar-refractivity contribution >= 4 is 5.91 Å². The number of amides is 1. The summed E-state index contributed by atoms with van der Waals surface area (Å²) in [5, 5.41) is 4.15. The fraction of sp³-hybridized carbons (Fsp3) is 0.455. The lowest BCUT2D eigenvalue weighted by Gasteiger charge is -2.53. The number of likely N-dealkylation sites (tertiary alicyclic amines) is 1. The summed E-state index contributed by atoms with van der Waals surface area (Å²) >= 11 is 0. The average molecular weight is 390 g/mol. The summed E-state index contributed by atoms with van der Waals surface area (Å²) in [7, 11) is 0. The van der Waals surface area contributed by atoms with Crippen molar-refractivity contribution in [1.82, 2.24) is 29.2 Å². The average Bonchev–Trinajstić information content (AvgIpc) is 3.16. The lowest BCUT2D eigenvalue weighted by molar-refractivity contribution is -0.0379. The molecule has 1 amide bonds. The van der Waals surface area contributed by atoms with Crippen molar-refractivity contribution in [2.24, 2.45) is 11.3 Å². The molecule has 5 rings (SSSR count). The van der Waals surface area contributed by atoms with E-state index in [2.05, 4.69) is 39.7 Å². The van der Waals surface area contributed by atoms with Crippen LogP contribution in [0.25, 0.3) is 0 Å². The molecule has 1 saturated heterocycles. The van der Waals surface area contributed by atoms with E-state index in [1.54, 1.807) is 11.0 Å². The molecule has 2 aromatic heterocycles. The standard InChI is InChI=1S/C22H26N6O/c1-22(2)13-28(19(22)20-24-8-9-26(20)11-16-6-7-16)21(29)18-5-3-4-17(10-18)12-27-15-23-14-25-27/h3-5,8-10,14-16,19H,6-7,11-13H2,1-2H3. The van der Waals surface area contributed by atoms with Crippen LogP contribution in [0.3, 0.4) is 0 Å². The number of nitrogens with zero attached hydrogens (tertiary/aromatic N) is 6. The van der Waals surface area contributed by atoms with Crippen molar-refractivity contribution in [1.29, 1.82) is 0 Å². The number of aromatic nitrogens is 5. The summed E-state index contributed by atoms with van der Waals surface area (Å²) in [5.74, 6) is 1.85. The number of hydrogen-bond acceptors (Lipinski definition) is 4. The quantitative estimate of drug-likeness (QED) is 0.648. The minimum absolute atomic E-state index is 0.00252. The largest absolute Gasteiger partial charge is 0.333 e. The molecular weight excluding hydrogens is 364 g/mol. The SMILES string of the molecule is CC1(C)CN(C(=O)c2cccc(Cn3cncn3)c2)C1c1nccn1CC1CC1. The van der Waals surface area contributed by atoms with Gasteiger partial charge in [0.25, 0.3) is 5.91 Å². The first-order valence-electron chi connectivity index (χ1n) is 10.2. The highest BCUT2D eigenvalue weighted by Gasteiger charge is 2.51. The minimum atomic E-state index is 0.00252. The third-order valence-electron chi connectivity index (χ3n) is 6.02. The van der Waals surface area contributed by atoms with Gasteiger partial charge in [-0.1, -0.05) is 26.0 Å². The van der Waals surface area contributed by atoms with E-state index < -0.39 is 0 Å². The maximum Gasteiger partial charge on any atom is 0.254 e. The van der Waals surface area contributed by atoms with Gasteiger partial charge in [0.1, 0.15) is 18.5 Å². The molecule has 0 N–H and O–H groups in total. The van der Waals surface area contributed by atoms with E-state index in [1.807, 2.05) is 35.4 Å². The summed E-state index contributed by atoms with van der Waals surface area (Å²) in [4.78, 5) is 24.0. The molecular formula is C22H26N6O. The Balaban J connectivity index is 1.39. The summed E-state index contributed by atoms with van der Waals surface area (Å²) < 4.78 is 4.01. The van der Waals surface area contributed by atoms with Crippen molar-refractivity contribution in [3.63, 3.8) is 0 Å². The van der Waals surface area contributed by atoms with E-state index in [9.17, 15) is 4.79 Å². The summed E-state index contributed by atoms with van der Waals surface area (Å²) in [6, 6.07) is 7.81. The third-order valence-corrected chi connectivity index (χ3v) is 6.02. The first kappa shape index (κ1) is 18.1. The van der Waals surface area contributed by atoms with Gasteiger partial charge in [-0.2, -0.15) is 5.10 Å². The summed E-state index contributed by atoms with van der Waals surface area (Å²) in [6.45, 7) is 6.79. The molecule has 0 radical (unpaired) electrons. The van der Waals surface area contributed by atoms with E-state index in [0.717, 1.165) is 30.4 Å². The lowest BCUT2D eigenvalue weighted by Crippen LogP contribution is -2.58. The van der Waals surface area contributed by atoms with E-state index in [-0.39, 0.29) is 17.4 Å². The number of carbonyl (C=O) groups is 1. The third kappa shape index (κ3) is 3.45. The highest BCUT2D eigenvalue weighted by molar-refractivity contribution is 5.95. The van der Waals surface area contributed by atoms with Gasteiger partial charge in [-0.15, -0.1) is 0 Å². The highest BCUT2D eigenvalue weighted by atomic mass is 16.2. The molecule has 1 saturated carbocycles. The van der Waals surface area contributed by atoms with Crippen LogP contribution in [0, 0.1) is 11.3 Å². The second-order valence-corrected chi connectivity index (χ2v) is 9.00. The predicted molar refractivity (Wildman–Crippen MR) is 108 cm³/mol. The van der Waals surface area contributed by atoms with Crippen molar-refractivity contribution in [2.45, 2.75) is 45.8 Å². The van der Waals surface area contributed by atoms with E-state index in [0.29, 0.717) is 12.1 Å². The van der Waals surface area contributed by atoms with Gasteiger partial charge in [0.05, 0.1) is 12.6 Å². The normalized spacial score (nSPS) is 20.5. The molecule has 1 unspecified atom stereocenters. The zero-order chi connectivity index (χ0) is 20.0. The first-order chi connectivity index (χ1) is 14.0. The Kier molecular flexibility index (Phi) is 4.26. The van der Waals surface area contributed by atoms with Crippen LogP contribution in [0.1, 0.15) is 54.5 Å². The molecule has 1 atom stereocenters. The molecule has 3 aromatic rings. The van der Waals surface area contributed by atoms with Gasteiger partial charge in [-0.3, -0.25) is 4.79 Å². The monoisotopic (exact) mass is 390 g/mol. The Morgan fingerprint density at radius 1 is 1.28 bits per heavy atom.